The van der Waals surface area contributed by atoms with Crippen LogP contribution in [-0.2, 0) is 10.0 Å². The van der Waals surface area contributed by atoms with Crippen molar-refractivity contribution in [2.45, 2.75) is 69.7 Å². The van der Waals surface area contributed by atoms with Crippen molar-refractivity contribution in [2.75, 3.05) is 13.1 Å². The molecule has 1 saturated carbocycles. The predicted octanol–water partition coefficient (Wildman–Crippen LogP) is 1.72. The van der Waals surface area contributed by atoms with Gasteiger partial charge < -0.3 is 5.32 Å². The second kappa shape index (κ2) is 5.88. The van der Waals surface area contributed by atoms with E-state index in [1.807, 2.05) is 4.31 Å². The first-order valence-electron chi connectivity index (χ1n) is 7.33. The molecule has 106 valence electrons. The van der Waals surface area contributed by atoms with E-state index in [0.29, 0.717) is 12.6 Å². The normalized spacial score (nSPS) is 31.9. The Hall–Kier alpha value is -0.130. The van der Waals surface area contributed by atoms with E-state index in [1.54, 1.807) is 0 Å². The molecule has 1 N–H and O–H groups in total. The Morgan fingerprint density at radius 3 is 2.39 bits per heavy atom. The lowest BCUT2D eigenvalue weighted by Crippen LogP contribution is -2.59. The fourth-order valence-corrected chi connectivity index (χ4v) is 5.49. The van der Waals surface area contributed by atoms with E-state index in [0.717, 1.165) is 45.1 Å². The van der Waals surface area contributed by atoms with E-state index >= 15 is 0 Å². The zero-order chi connectivity index (χ0) is 13.2. The first-order valence-corrected chi connectivity index (χ1v) is 8.84. The molecule has 2 unspecified atom stereocenters. The van der Waals surface area contributed by atoms with Gasteiger partial charge in [0.1, 0.15) is 0 Å². The van der Waals surface area contributed by atoms with Crippen molar-refractivity contribution in [1.82, 2.24) is 9.62 Å². The number of hydrogen-bond acceptors (Lipinski definition) is 3. The Balaban J connectivity index is 2.16. The SMILES string of the molecule is CCC1CN(S(=O)(=O)C2CCCC2)C(CC)CN1. The third kappa shape index (κ3) is 2.73. The minimum absolute atomic E-state index is 0.109. The van der Waals surface area contributed by atoms with Gasteiger partial charge in [-0.3, -0.25) is 0 Å². The molecule has 2 atom stereocenters. The smallest absolute Gasteiger partial charge is 0.217 e. The summed E-state index contributed by atoms with van der Waals surface area (Å²) in [5.74, 6) is 0. The Bertz CT molecular complexity index is 363. The van der Waals surface area contributed by atoms with E-state index < -0.39 is 10.0 Å². The average molecular weight is 274 g/mol. The highest BCUT2D eigenvalue weighted by Gasteiger charge is 2.40. The summed E-state index contributed by atoms with van der Waals surface area (Å²) < 4.78 is 27.2. The molecule has 2 fully saturated rings. The number of piperazine rings is 1. The summed E-state index contributed by atoms with van der Waals surface area (Å²) in [7, 11) is -3.07. The van der Waals surface area contributed by atoms with E-state index in [9.17, 15) is 8.42 Å². The molecule has 0 radical (unpaired) electrons. The topological polar surface area (TPSA) is 49.4 Å². The van der Waals surface area contributed by atoms with Crippen LogP contribution in [-0.4, -0.2) is 43.1 Å². The van der Waals surface area contributed by atoms with Crippen molar-refractivity contribution >= 4 is 10.0 Å². The minimum Gasteiger partial charge on any atom is -0.311 e. The lowest BCUT2D eigenvalue weighted by molar-refractivity contribution is 0.213. The molecule has 1 aliphatic heterocycles. The van der Waals surface area contributed by atoms with Crippen LogP contribution in [0.5, 0.6) is 0 Å². The average Bonchev–Trinajstić information content (AvgIpc) is 2.92. The summed E-state index contributed by atoms with van der Waals surface area (Å²) in [6.45, 7) is 5.66. The van der Waals surface area contributed by atoms with Crippen LogP contribution in [0, 0.1) is 0 Å². The Kier molecular flexibility index (Phi) is 4.67. The molecule has 2 aliphatic rings. The number of hydrogen-bond donors (Lipinski definition) is 1. The maximum absolute atomic E-state index is 12.7. The number of sulfonamides is 1. The maximum atomic E-state index is 12.7. The van der Waals surface area contributed by atoms with Crippen LogP contribution in [0.4, 0.5) is 0 Å². The standard InChI is InChI=1S/C13H26N2O2S/c1-3-11-10-15(12(4-2)9-14-11)18(16,17)13-7-5-6-8-13/h11-14H,3-10H2,1-2H3. The molecular formula is C13H26N2O2S. The van der Waals surface area contributed by atoms with Crippen molar-refractivity contribution < 1.29 is 8.42 Å². The van der Waals surface area contributed by atoms with Gasteiger partial charge in [-0.1, -0.05) is 26.7 Å². The second-order valence-electron chi connectivity index (χ2n) is 5.60. The molecule has 1 heterocycles. The number of rotatable bonds is 4. The third-order valence-electron chi connectivity index (χ3n) is 4.46. The van der Waals surface area contributed by atoms with Crippen molar-refractivity contribution in [1.29, 1.82) is 0 Å². The van der Waals surface area contributed by atoms with Crippen molar-refractivity contribution in [3.8, 4) is 0 Å². The van der Waals surface area contributed by atoms with Crippen molar-refractivity contribution in [2.24, 2.45) is 0 Å². The van der Waals surface area contributed by atoms with Crippen LogP contribution in [0.3, 0.4) is 0 Å². The van der Waals surface area contributed by atoms with Gasteiger partial charge in [-0.2, -0.15) is 4.31 Å². The zero-order valence-electron chi connectivity index (χ0n) is 11.6. The van der Waals surface area contributed by atoms with Gasteiger partial charge in [-0.25, -0.2) is 8.42 Å². The molecule has 0 spiro atoms. The molecule has 1 saturated heterocycles. The largest absolute Gasteiger partial charge is 0.311 e. The van der Waals surface area contributed by atoms with E-state index in [-0.39, 0.29) is 11.3 Å². The van der Waals surface area contributed by atoms with Crippen molar-refractivity contribution in [3.05, 3.63) is 0 Å². The van der Waals surface area contributed by atoms with Crippen LogP contribution in [0.1, 0.15) is 52.4 Å². The van der Waals surface area contributed by atoms with Crippen LogP contribution in [0.25, 0.3) is 0 Å². The molecule has 0 amide bonds. The molecule has 0 bridgehead atoms. The fraction of sp³-hybridized carbons (Fsp3) is 1.00. The highest BCUT2D eigenvalue weighted by Crippen LogP contribution is 2.29. The van der Waals surface area contributed by atoms with Crippen molar-refractivity contribution in [3.63, 3.8) is 0 Å². The summed E-state index contributed by atoms with van der Waals surface area (Å²) in [4.78, 5) is 0. The van der Waals surface area contributed by atoms with Gasteiger partial charge >= 0.3 is 0 Å². The van der Waals surface area contributed by atoms with Gasteiger partial charge in [-0.05, 0) is 25.7 Å². The first-order chi connectivity index (χ1) is 8.59. The molecule has 18 heavy (non-hydrogen) atoms. The minimum atomic E-state index is -3.07. The van der Waals surface area contributed by atoms with Gasteiger partial charge in [0.15, 0.2) is 0 Å². The molecular weight excluding hydrogens is 248 g/mol. The monoisotopic (exact) mass is 274 g/mol. The fourth-order valence-electron chi connectivity index (χ4n) is 3.15. The third-order valence-corrected chi connectivity index (χ3v) is 6.88. The molecule has 2 rings (SSSR count). The summed E-state index contributed by atoms with van der Waals surface area (Å²) in [5, 5.41) is 3.35. The molecule has 0 aromatic carbocycles. The quantitative estimate of drug-likeness (QED) is 0.849. The molecule has 0 aromatic rings. The summed E-state index contributed by atoms with van der Waals surface area (Å²) in [6, 6.07) is 0.474. The number of nitrogens with zero attached hydrogens (tertiary/aromatic N) is 1. The van der Waals surface area contributed by atoms with Gasteiger partial charge in [0.2, 0.25) is 10.0 Å². The molecule has 4 nitrogen and oxygen atoms in total. The van der Waals surface area contributed by atoms with Crippen LogP contribution in [0.15, 0.2) is 0 Å². The first kappa shape index (κ1) is 14.3. The summed E-state index contributed by atoms with van der Waals surface area (Å²) >= 11 is 0. The maximum Gasteiger partial charge on any atom is 0.217 e. The zero-order valence-corrected chi connectivity index (χ0v) is 12.4. The molecule has 1 aliphatic carbocycles. The van der Waals surface area contributed by atoms with Crippen LogP contribution in [0.2, 0.25) is 0 Å². The van der Waals surface area contributed by atoms with E-state index in [4.69, 9.17) is 0 Å². The Labute approximate surface area is 111 Å². The Morgan fingerprint density at radius 2 is 1.83 bits per heavy atom. The predicted molar refractivity (Wildman–Crippen MR) is 74.0 cm³/mol. The highest BCUT2D eigenvalue weighted by atomic mass is 32.2. The highest BCUT2D eigenvalue weighted by molar-refractivity contribution is 7.89. The van der Waals surface area contributed by atoms with Gasteiger partial charge in [0.25, 0.3) is 0 Å². The molecule has 0 aromatic heterocycles. The van der Waals surface area contributed by atoms with Gasteiger partial charge in [0.05, 0.1) is 5.25 Å². The Morgan fingerprint density at radius 1 is 1.17 bits per heavy atom. The van der Waals surface area contributed by atoms with E-state index in [1.165, 1.54) is 0 Å². The van der Waals surface area contributed by atoms with Gasteiger partial charge in [0, 0.05) is 25.2 Å². The van der Waals surface area contributed by atoms with E-state index in [2.05, 4.69) is 19.2 Å². The summed E-state index contributed by atoms with van der Waals surface area (Å²) in [5.41, 5.74) is 0. The summed E-state index contributed by atoms with van der Waals surface area (Å²) in [6.07, 6.45) is 5.76. The van der Waals surface area contributed by atoms with Gasteiger partial charge in [-0.15, -0.1) is 0 Å². The lowest BCUT2D eigenvalue weighted by Gasteiger charge is -2.40. The van der Waals surface area contributed by atoms with Crippen LogP contribution < -0.4 is 5.32 Å². The second-order valence-corrected chi connectivity index (χ2v) is 7.76. The lowest BCUT2D eigenvalue weighted by atomic mass is 10.1. The number of nitrogens with one attached hydrogen (secondary N) is 1. The van der Waals surface area contributed by atoms with Crippen LogP contribution >= 0.6 is 0 Å². The molecule has 5 heteroatoms.